The summed E-state index contributed by atoms with van der Waals surface area (Å²) in [5, 5.41) is 4.76. The minimum absolute atomic E-state index is 0.0193. The van der Waals surface area contributed by atoms with Gasteiger partial charge in [-0.25, -0.2) is 0 Å². The molecule has 2 aliphatic carbocycles. The molecule has 2 aliphatic heterocycles. The molecule has 0 amide bonds. The normalized spacial score (nSPS) is 21.2. The van der Waals surface area contributed by atoms with Crippen LogP contribution < -0.4 is 9.80 Å². The summed E-state index contributed by atoms with van der Waals surface area (Å²) in [4.78, 5) is 5.09. The molecule has 0 fully saturated rings. The first-order valence-electron chi connectivity index (χ1n) is 20.7. The molecule has 4 heteroatoms. The summed E-state index contributed by atoms with van der Waals surface area (Å²) in [6, 6.07) is 55.8. The number of para-hydroxylation sites is 4. The quantitative estimate of drug-likeness (QED) is 0.179. The molecule has 4 unspecified atom stereocenters. The first-order chi connectivity index (χ1) is 29.2. The van der Waals surface area contributed by atoms with Crippen LogP contribution in [0.3, 0.4) is 0 Å². The molecule has 13 rings (SSSR count). The van der Waals surface area contributed by atoms with Crippen LogP contribution in [0.4, 0.5) is 22.7 Å². The van der Waals surface area contributed by atoms with Crippen molar-refractivity contribution in [2.75, 3.05) is 9.80 Å². The molecule has 0 bridgehead atoms. The van der Waals surface area contributed by atoms with E-state index in [9.17, 15) is 0 Å². The zero-order valence-electron chi connectivity index (χ0n) is 32.5. The summed E-state index contributed by atoms with van der Waals surface area (Å²) in [5.41, 5.74) is 14.9. The van der Waals surface area contributed by atoms with Crippen LogP contribution in [-0.4, -0.2) is 16.7 Å². The van der Waals surface area contributed by atoms with E-state index in [2.05, 4.69) is 222 Å². The Morgan fingerprint density at radius 3 is 2.14 bits per heavy atom. The molecule has 4 atom stereocenters. The van der Waals surface area contributed by atoms with E-state index in [0.717, 1.165) is 39.0 Å². The van der Waals surface area contributed by atoms with Gasteiger partial charge in [0, 0.05) is 55.6 Å². The molecular weight excluding hydrogens is 719 g/mol. The zero-order chi connectivity index (χ0) is 38.8. The van der Waals surface area contributed by atoms with Crippen molar-refractivity contribution in [3.8, 4) is 16.8 Å². The molecule has 280 valence electrons. The summed E-state index contributed by atoms with van der Waals surface area (Å²) in [5.74, 6) is 0.252. The molecule has 0 N–H and O–H groups in total. The van der Waals surface area contributed by atoms with Crippen LogP contribution in [0, 0.1) is 0 Å². The number of nitrogens with zero attached hydrogens (tertiary/aromatic N) is 3. The fraction of sp³-hybridized carbons (Fsp3) is 0.0909. The molecule has 7 aromatic carbocycles. The van der Waals surface area contributed by atoms with E-state index in [1.165, 1.54) is 55.4 Å². The van der Waals surface area contributed by atoms with E-state index in [1.54, 1.807) is 0 Å². The van der Waals surface area contributed by atoms with Gasteiger partial charge in [0.15, 0.2) is 5.58 Å². The molecule has 4 nitrogen and oxygen atoms in total. The van der Waals surface area contributed by atoms with Gasteiger partial charge in [-0.15, -0.1) is 0 Å². The minimum Gasteiger partial charge on any atom is -0.454 e. The van der Waals surface area contributed by atoms with Crippen molar-refractivity contribution in [2.45, 2.75) is 30.3 Å². The Bertz CT molecular complexity index is 3330. The summed E-state index contributed by atoms with van der Waals surface area (Å²) in [6.07, 6.45) is 18.4. The summed E-state index contributed by atoms with van der Waals surface area (Å²) >= 11 is 0. The molecule has 2 aromatic heterocycles. The Morgan fingerprint density at radius 2 is 1.27 bits per heavy atom. The lowest BCUT2D eigenvalue weighted by Gasteiger charge is -2.35. The van der Waals surface area contributed by atoms with Crippen LogP contribution >= 0.6 is 0 Å². The molecular formula is C55H39N3O. The van der Waals surface area contributed by atoms with E-state index in [1.807, 2.05) is 0 Å². The number of anilines is 4. The molecule has 0 radical (unpaired) electrons. The van der Waals surface area contributed by atoms with Gasteiger partial charge in [-0.2, -0.15) is 0 Å². The topological polar surface area (TPSA) is 24.6 Å². The van der Waals surface area contributed by atoms with Crippen molar-refractivity contribution in [1.29, 1.82) is 0 Å². The second-order valence-corrected chi connectivity index (χ2v) is 16.6. The number of benzene rings is 7. The van der Waals surface area contributed by atoms with Crippen LogP contribution in [0.5, 0.6) is 0 Å². The summed E-state index contributed by atoms with van der Waals surface area (Å²) in [7, 11) is 0. The largest absolute Gasteiger partial charge is 0.454 e. The summed E-state index contributed by atoms with van der Waals surface area (Å²) in [6.45, 7) is 2.42. The second-order valence-electron chi connectivity index (χ2n) is 16.6. The Morgan fingerprint density at radius 1 is 0.542 bits per heavy atom. The number of aromatic nitrogens is 1. The van der Waals surface area contributed by atoms with Gasteiger partial charge in [0.1, 0.15) is 5.58 Å². The Balaban J connectivity index is 1.09. The molecule has 4 aliphatic rings. The van der Waals surface area contributed by atoms with Gasteiger partial charge in [-0.05, 0) is 95.9 Å². The number of hydrogen-bond acceptors (Lipinski definition) is 3. The lowest BCUT2D eigenvalue weighted by Crippen LogP contribution is -2.39. The predicted molar refractivity (Wildman–Crippen MR) is 245 cm³/mol. The van der Waals surface area contributed by atoms with E-state index >= 15 is 0 Å². The Hall–Kier alpha value is -7.30. The van der Waals surface area contributed by atoms with Crippen LogP contribution in [0.2, 0.25) is 0 Å². The van der Waals surface area contributed by atoms with Gasteiger partial charge >= 0.3 is 0 Å². The van der Waals surface area contributed by atoms with Crippen molar-refractivity contribution in [1.82, 2.24) is 4.57 Å². The molecule has 4 heterocycles. The SMILES string of the molecule is CC12C=CC=CC1N(c1ccc3c4ccccc4n(-c4ccccc4)c3c1)c1c2c(-c2ccc3c(c2)C2C=CC=CC2N3c2ccccc2)cc2c1oc1ccccc12. The number of hydrogen-bond donors (Lipinski definition) is 0. The maximum absolute atomic E-state index is 7.01. The van der Waals surface area contributed by atoms with Crippen molar-refractivity contribution >= 4 is 66.5 Å². The lowest BCUT2D eigenvalue weighted by molar-refractivity contribution is 0.551. The lowest BCUT2D eigenvalue weighted by atomic mass is 9.73. The van der Waals surface area contributed by atoms with Gasteiger partial charge in [0.05, 0.1) is 28.8 Å². The standard InChI is InChI=1S/C55H39N3O/c1-55-31-15-14-26-51(55)58(38-28-29-41-39-20-8-11-23-46(39)57(49(41)33-38)37-18-6-3-7-19-37)53-52(55)43(34-45-42-22-10-13-25-50(42)59-54(45)53)35-27-30-48-44(32-35)40-21-9-12-24-47(40)56(48)36-16-4-2-5-17-36/h2-34,40,47,51H,1H3. The van der Waals surface area contributed by atoms with Crippen molar-refractivity contribution < 1.29 is 4.42 Å². The first-order valence-corrected chi connectivity index (χ1v) is 20.7. The van der Waals surface area contributed by atoms with E-state index < -0.39 is 0 Å². The highest BCUT2D eigenvalue weighted by Gasteiger charge is 2.50. The molecule has 0 spiro atoms. The molecule has 0 saturated carbocycles. The monoisotopic (exact) mass is 757 g/mol. The maximum Gasteiger partial charge on any atom is 0.159 e. The summed E-state index contributed by atoms with van der Waals surface area (Å²) < 4.78 is 9.42. The van der Waals surface area contributed by atoms with Crippen molar-refractivity contribution in [3.05, 3.63) is 211 Å². The van der Waals surface area contributed by atoms with Gasteiger partial charge in [-0.1, -0.05) is 134 Å². The minimum atomic E-state index is -0.348. The van der Waals surface area contributed by atoms with Gasteiger partial charge in [-0.3, -0.25) is 0 Å². The number of furan rings is 1. The molecule has 0 saturated heterocycles. The smallest absolute Gasteiger partial charge is 0.159 e. The Kier molecular flexibility index (Phi) is 6.72. The van der Waals surface area contributed by atoms with Crippen molar-refractivity contribution in [3.63, 3.8) is 0 Å². The molecule has 9 aromatic rings. The Labute approximate surface area is 342 Å². The van der Waals surface area contributed by atoms with Crippen LogP contribution in [-0.2, 0) is 5.41 Å². The third-order valence-electron chi connectivity index (χ3n) is 13.5. The van der Waals surface area contributed by atoms with Gasteiger partial charge in [0.2, 0.25) is 0 Å². The van der Waals surface area contributed by atoms with Gasteiger partial charge < -0.3 is 18.8 Å². The predicted octanol–water partition coefficient (Wildman–Crippen LogP) is 14.0. The average molecular weight is 758 g/mol. The number of fused-ring (bicyclic) bond motifs is 13. The number of allylic oxidation sites excluding steroid dienone is 4. The van der Waals surface area contributed by atoms with E-state index in [4.69, 9.17) is 4.42 Å². The van der Waals surface area contributed by atoms with E-state index in [0.29, 0.717) is 0 Å². The van der Waals surface area contributed by atoms with Crippen LogP contribution in [0.25, 0.3) is 60.6 Å². The van der Waals surface area contributed by atoms with Crippen molar-refractivity contribution in [2.24, 2.45) is 0 Å². The number of rotatable bonds is 4. The van der Waals surface area contributed by atoms with Crippen LogP contribution in [0.1, 0.15) is 24.0 Å². The third kappa shape index (κ3) is 4.49. The average Bonchev–Trinajstić information content (AvgIpc) is 4.01. The zero-order valence-corrected chi connectivity index (χ0v) is 32.5. The second kappa shape index (κ2) is 12.1. The van der Waals surface area contributed by atoms with Crippen LogP contribution in [0.15, 0.2) is 205 Å². The highest BCUT2D eigenvalue weighted by Crippen LogP contribution is 2.59. The highest BCUT2D eigenvalue weighted by molar-refractivity contribution is 6.15. The maximum atomic E-state index is 7.01. The van der Waals surface area contributed by atoms with E-state index in [-0.39, 0.29) is 23.4 Å². The fourth-order valence-electron chi connectivity index (χ4n) is 10.9. The fourth-order valence-corrected chi connectivity index (χ4v) is 10.9. The molecule has 59 heavy (non-hydrogen) atoms. The van der Waals surface area contributed by atoms with Gasteiger partial charge in [0.25, 0.3) is 0 Å². The third-order valence-corrected chi connectivity index (χ3v) is 13.5. The first kappa shape index (κ1) is 32.8. The highest BCUT2D eigenvalue weighted by atomic mass is 16.3.